The van der Waals surface area contributed by atoms with E-state index in [0.29, 0.717) is 0 Å². The molecule has 1 fully saturated rings. The molecular formula is C12H17NO. The summed E-state index contributed by atoms with van der Waals surface area (Å²) >= 11 is 0. The minimum atomic E-state index is -0.135. The van der Waals surface area contributed by atoms with Crippen molar-refractivity contribution in [3.05, 3.63) is 29.8 Å². The Kier molecular flexibility index (Phi) is 2.65. The van der Waals surface area contributed by atoms with Crippen LogP contribution in [0.5, 0.6) is 0 Å². The van der Waals surface area contributed by atoms with E-state index in [1.54, 1.807) is 0 Å². The van der Waals surface area contributed by atoms with Gasteiger partial charge in [0.1, 0.15) is 0 Å². The molecule has 1 aromatic rings. The molecule has 14 heavy (non-hydrogen) atoms. The molecule has 0 radical (unpaired) electrons. The van der Waals surface area contributed by atoms with Gasteiger partial charge in [0.05, 0.1) is 13.2 Å². The lowest BCUT2D eigenvalue weighted by Gasteiger charge is -2.28. The third kappa shape index (κ3) is 2.07. The first-order valence-corrected chi connectivity index (χ1v) is 5.12. The number of ether oxygens (including phenoxy) is 1. The van der Waals surface area contributed by atoms with Crippen LogP contribution >= 0.6 is 0 Å². The highest BCUT2D eigenvalue weighted by Gasteiger charge is 2.10. The average molecular weight is 192 g/mol. The van der Waals surface area contributed by atoms with E-state index < -0.39 is 0 Å². The number of nitrogens with zero attached hydrogens (tertiary/aromatic N) is 1. The SMILES string of the molecule is [2H]C(C)c1ccc(N2CCOCC2)cc1. The first-order chi connectivity index (χ1) is 7.27. The summed E-state index contributed by atoms with van der Waals surface area (Å²) in [5.74, 6) is 0. The average Bonchev–Trinajstić information content (AvgIpc) is 2.30. The second kappa shape index (κ2) is 4.47. The molecule has 76 valence electrons. The fourth-order valence-corrected chi connectivity index (χ4v) is 1.70. The first kappa shape index (κ1) is 8.30. The Morgan fingerprint density at radius 2 is 1.93 bits per heavy atom. The van der Waals surface area contributed by atoms with Crippen LogP contribution in [0.25, 0.3) is 0 Å². The highest BCUT2D eigenvalue weighted by Crippen LogP contribution is 2.16. The summed E-state index contributed by atoms with van der Waals surface area (Å²) in [6, 6.07) is 8.29. The van der Waals surface area contributed by atoms with Gasteiger partial charge in [0.25, 0.3) is 0 Å². The van der Waals surface area contributed by atoms with Gasteiger partial charge < -0.3 is 9.64 Å². The monoisotopic (exact) mass is 192 g/mol. The minimum absolute atomic E-state index is 0.135. The predicted octanol–water partition coefficient (Wildman–Crippen LogP) is 2.09. The lowest BCUT2D eigenvalue weighted by Crippen LogP contribution is -2.36. The number of rotatable bonds is 2. The van der Waals surface area contributed by atoms with E-state index in [4.69, 9.17) is 6.11 Å². The zero-order valence-corrected chi connectivity index (χ0v) is 8.57. The molecule has 1 unspecified atom stereocenters. The van der Waals surface area contributed by atoms with Gasteiger partial charge in [-0.25, -0.2) is 0 Å². The van der Waals surface area contributed by atoms with Gasteiger partial charge in [-0.15, -0.1) is 0 Å². The molecule has 0 aromatic heterocycles. The van der Waals surface area contributed by atoms with E-state index in [0.717, 1.165) is 31.9 Å². The lowest BCUT2D eigenvalue weighted by molar-refractivity contribution is 0.122. The summed E-state index contributed by atoms with van der Waals surface area (Å²) in [7, 11) is 0. The molecule has 0 saturated carbocycles. The van der Waals surface area contributed by atoms with Crippen LogP contribution in [-0.2, 0) is 11.1 Å². The molecular weight excluding hydrogens is 174 g/mol. The smallest absolute Gasteiger partial charge is 0.0642 e. The van der Waals surface area contributed by atoms with Crippen LogP contribution < -0.4 is 4.90 Å². The quantitative estimate of drug-likeness (QED) is 0.711. The molecule has 0 amide bonds. The fraction of sp³-hybridized carbons (Fsp3) is 0.500. The third-order valence-corrected chi connectivity index (χ3v) is 2.60. The Morgan fingerprint density at radius 1 is 1.29 bits per heavy atom. The van der Waals surface area contributed by atoms with Crippen molar-refractivity contribution in [2.75, 3.05) is 31.2 Å². The van der Waals surface area contributed by atoms with Crippen molar-refractivity contribution in [1.82, 2.24) is 0 Å². The van der Waals surface area contributed by atoms with Gasteiger partial charge in [-0.1, -0.05) is 19.1 Å². The van der Waals surface area contributed by atoms with Crippen molar-refractivity contribution >= 4 is 5.69 Å². The Hall–Kier alpha value is -1.02. The Balaban J connectivity index is 2.08. The Bertz CT molecular complexity index is 304. The normalized spacial score (nSPS) is 20.4. The van der Waals surface area contributed by atoms with E-state index in [9.17, 15) is 0 Å². The topological polar surface area (TPSA) is 12.5 Å². The molecule has 1 atom stereocenters. The molecule has 0 aliphatic carbocycles. The molecule has 0 bridgehead atoms. The predicted molar refractivity (Wildman–Crippen MR) is 58.9 cm³/mol. The molecule has 2 rings (SSSR count). The van der Waals surface area contributed by atoms with Crippen LogP contribution in [0.3, 0.4) is 0 Å². The summed E-state index contributed by atoms with van der Waals surface area (Å²) < 4.78 is 12.9. The number of benzene rings is 1. The Morgan fingerprint density at radius 3 is 2.50 bits per heavy atom. The summed E-state index contributed by atoms with van der Waals surface area (Å²) in [5, 5.41) is 0. The maximum absolute atomic E-state index is 7.60. The van der Waals surface area contributed by atoms with Crippen molar-refractivity contribution in [3.63, 3.8) is 0 Å². The molecule has 1 aromatic carbocycles. The standard InChI is InChI=1S/C12H17NO/c1-2-11-3-5-12(6-4-11)13-7-9-14-10-8-13/h3-6H,2,7-10H2,1H3/i2D. The summed E-state index contributed by atoms with van der Waals surface area (Å²) in [4.78, 5) is 2.32. The zero-order chi connectivity index (χ0) is 10.7. The van der Waals surface area contributed by atoms with Gasteiger partial charge in [-0.05, 0) is 24.1 Å². The Labute approximate surface area is 86.9 Å². The van der Waals surface area contributed by atoms with Crippen molar-refractivity contribution in [1.29, 1.82) is 0 Å². The summed E-state index contributed by atoms with van der Waals surface area (Å²) in [6.07, 6.45) is -0.135. The maximum Gasteiger partial charge on any atom is 0.0642 e. The summed E-state index contributed by atoms with van der Waals surface area (Å²) in [5.41, 5.74) is 2.31. The van der Waals surface area contributed by atoms with E-state index in [-0.39, 0.29) is 6.40 Å². The molecule has 2 heteroatoms. The van der Waals surface area contributed by atoms with Crippen LogP contribution in [-0.4, -0.2) is 26.3 Å². The minimum Gasteiger partial charge on any atom is -0.378 e. The van der Waals surface area contributed by atoms with Crippen LogP contribution in [0.2, 0.25) is 0 Å². The van der Waals surface area contributed by atoms with Crippen molar-refractivity contribution in [3.8, 4) is 0 Å². The lowest BCUT2D eigenvalue weighted by atomic mass is 10.1. The number of morpholine rings is 1. The molecule has 0 spiro atoms. The largest absolute Gasteiger partial charge is 0.378 e. The molecule has 1 aliphatic rings. The van der Waals surface area contributed by atoms with Crippen LogP contribution in [0.15, 0.2) is 24.3 Å². The van der Waals surface area contributed by atoms with E-state index in [2.05, 4.69) is 17.0 Å². The van der Waals surface area contributed by atoms with Gasteiger partial charge in [0, 0.05) is 20.1 Å². The van der Waals surface area contributed by atoms with E-state index in [1.165, 1.54) is 5.69 Å². The van der Waals surface area contributed by atoms with E-state index >= 15 is 0 Å². The van der Waals surface area contributed by atoms with Gasteiger partial charge in [-0.2, -0.15) is 0 Å². The van der Waals surface area contributed by atoms with Crippen LogP contribution in [0.4, 0.5) is 5.69 Å². The zero-order valence-electron chi connectivity index (χ0n) is 9.57. The number of aryl methyl sites for hydroxylation is 1. The second-order valence-corrected chi connectivity index (χ2v) is 3.48. The van der Waals surface area contributed by atoms with Gasteiger partial charge in [0.2, 0.25) is 0 Å². The van der Waals surface area contributed by atoms with E-state index in [1.807, 2.05) is 19.1 Å². The number of hydrogen-bond acceptors (Lipinski definition) is 2. The highest BCUT2D eigenvalue weighted by molar-refractivity contribution is 5.47. The molecule has 1 saturated heterocycles. The van der Waals surface area contributed by atoms with Crippen molar-refractivity contribution in [2.24, 2.45) is 0 Å². The number of hydrogen-bond donors (Lipinski definition) is 0. The highest BCUT2D eigenvalue weighted by atomic mass is 16.5. The summed E-state index contributed by atoms with van der Waals surface area (Å²) in [6.45, 7) is 5.46. The number of anilines is 1. The maximum atomic E-state index is 7.60. The molecule has 1 aliphatic heterocycles. The second-order valence-electron chi connectivity index (χ2n) is 3.48. The molecule has 1 heterocycles. The first-order valence-electron chi connectivity index (χ1n) is 5.70. The fourth-order valence-electron chi connectivity index (χ4n) is 1.70. The van der Waals surface area contributed by atoms with Gasteiger partial charge >= 0.3 is 0 Å². The third-order valence-electron chi connectivity index (χ3n) is 2.60. The van der Waals surface area contributed by atoms with Crippen LogP contribution in [0.1, 0.15) is 13.9 Å². The van der Waals surface area contributed by atoms with Gasteiger partial charge in [-0.3, -0.25) is 0 Å². The molecule has 2 nitrogen and oxygen atoms in total. The van der Waals surface area contributed by atoms with Crippen molar-refractivity contribution < 1.29 is 6.11 Å². The molecule has 0 N–H and O–H groups in total. The van der Waals surface area contributed by atoms with Crippen LogP contribution in [0, 0.1) is 0 Å². The van der Waals surface area contributed by atoms with Gasteiger partial charge in [0.15, 0.2) is 0 Å². The van der Waals surface area contributed by atoms with Crippen molar-refractivity contribution in [2.45, 2.75) is 13.3 Å².